The summed E-state index contributed by atoms with van der Waals surface area (Å²) in [5.74, 6) is 0.326. The lowest BCUT2D eigenvalue weighted by Gasteiger charge is -2.20. The number of H-pyrrole nitrogens is 1. The van der Waals surface area contributed by atoms with Gasteiger partial charge in [-0.25, -0.2) is 19.1 Å². The number of amides is 1. The van der Waals surface area contributed by atoms with Crippen molar-refractivity contribution in [2.24, 2.45) is 0 Å². The van der Waals surface area contributed by atoms with Gasteiger partial charge in [0.15, 0.2) is 23.7 Å². The number of aromatic nitrogens is 4. The Labute approximate surface area is 212 Å². The zero-order valence-corrected chi connectivity index (χ0v) is 21.1. The first kappa shape index (κ1) is 27.0. The highest BCUT2D eigenvalue weighted by Gasteiger charge is 2.54. The van der Waals surface area contributed by atoms with E-state index >= 15 is 0 Å². The number of carbonyl (C=O) groups is 1. The van der Waals surface area contributed by atoms with Crippen LogP contribution < -0.4 is 11.2 Å². The van der Waals surface area contributed by atoms with Crippen LogP contribution >= 0.6 is 0 Å². The summed E-state index contributed by atoms with van der Waals surface area (Å²) >= 11 is 0. The zero-order chi connectivity index (χ0) is 26.7. The fourth-order valence-corrected chi connectivity index (χ4v) is 4.56. The number of carbonyl (C=O) groups excluding carboxylic acids is 1. The Morgan fingerprint density at radius 1 is 1.27 bits per heavy atom. The molecule has 0 radical (unpaired) electrons. The van der Waals surface area contributed by atoms with E-state index in [2.05, 4.69) is 16.5 Å². The molecule has 0 saturated carbocycles. The highest BCUT2D eigenvalue weighted by Crippen LogP contribution is 2.39. The van der Waals surface area contributed by atoms with Crippen molar-refractivity contribution in [3.05, 3.63) is 39.3 Å². The van der Waals surface area contributed by atoms with Crippen molar-refractivity contribution in [2.75, 3.05) is 40.0 Å². The summed E-state index contributed by atoms with van der Waals surface area (Å²) in [6.45, 7) is 7.78. The molecule has 37 heavy (non-hydrogen) atoms. The highest BCUT2D eigenvalue weighted by atomic mass is 16.8. The second-order valence-electron chi connectivity index (χ2n) is 8.86. The van der Waals surface area contributed by atoms with Crippen molar-refractivity contribution >= 4 is 17.3 Å². The molecule has 1 unspecified atom stereocenters. The number of aromatic amines is 1. The molecule has 204 valence electrons. The van der Waals surface area contributed by atoms with Crippen molar-refractivity contribution in [3.63, 3.8) is 0 Å². The molecular formula is C23H33N5O9. The molecule has 2 aromatic heterocycles. The SMILES string of the molecule is C=CCn1c(=O)n([C@@H]2O[C@H](CO)[C@H]3OC(COCCOC(=O)N(C)CCC)O[C@H]32)c2nc(C)[nH]c(=O)c21. The average molecular weight is 524 g/mol. The van der Waals surface area contributed by atoms with Crippen LogP contribution in [0.4, 0.5) is 4.79 Å². The number of fused-ring (bicyclic) bond motifs is 2. The molecule has 0 aliphatic carbocycles. The molecule has 2 N–H and O–H groups in total. The molecule has 2 aliphatic rings. The van der Waals surface area contributed by atoms with E-state index in [-0.39, 0.29) is 44.1 Å². The summed E-state index contributed by atoms with van der Waals surface area (Å²) in [4.78, 5) is 46.3. The topological polar surface area (TPSA) is 159 Å². The minimum absolute atomic E-state index is 0.0321. The number of aryl methyl sites for hydroxylation is 1. The highest BCUT2D eigenvalue weighted by molar-refractivity contribution is 5.70. The van der Waals surface area contributed by atoms with E-state index < -0.39 is 48.2 Å². The van der Waals surface area contributed by atoms with E-state index in [0.717, 1.165) is 6.42 Å². The summed E-state index contributed by atoms with van der Waals surface area (Å²) < 4.78 is 31.1. The standard InChI is InChI=1S/C23H33N5O9/c1-5-7-26(4)23(32)34-10-9-33-12-15-36-17-14(11-29)35-21(18(17)37-15)28-19-16(20(30)25-13(3)24-19)27(8-6-2)22(28)31/h6,14-15,17-18,21,29H,2,5,7-12H2,1,3-4H3,(H,24,25,30)/t14-,15?,17-,18-,21-/m1/s1. The van der Waals surface area contributed by atoms with Gasteiger partial charge >= 0.3 is 11.8 Å². The normalized spacial score (nSPS) is 24.9. The van der Waals surface area contributed by atoms with E-state index in [1.807, 2.05) is 6.92 Å². The maximum atomic E-state index is 13.4. The minimum Gasteiger partial charge on any atom is -0.447 e. The van der Waals surface area contributed by atoms with Crippen LogP contribution in [-0.4, -0.2) is 99.8 Å². The summed E-state index contributed by atoms with van der Waals surface area (Å²) in [5.41, 5.74) is -0.779. The van der Waals surface area contributed by atoms with Crippen LogP contribution in [0.5, 0.6) is 0 Å². The number of hydrogen-bond donors (Lipinski definition) is 2. The number of rotatable bonds is 11. The quantitative estimate of drug-likeness (QED) is 0.300. The number of nitrogens with one attached hydrogen (secondary N) is 1. The maximum absolute atomic E-state index is 13.4. The van der Waals surface area contributed by atoms with Crippen LogP contribution in [0.25, 0.3) is 11.2 Å². The third kappa shape index (κ3) is 5.33. The first-order valence-electron chi connectivity index (χ1n) is 12.2. The Morgan fingerprint density at radius 3 is 2.73 bits per heavy atom. The van der Waals surface area contributed by atoms with Gasteiger partial charge in [0.05, 0.1) is 19.8 Å². The molecule has 0 spiro atoms. The van der Waals surface area contributed by atoms with Crippen molar-refractivity contribution in [2.45, 2.75) is 57.6 Å². The van der Waals surface area contributed by atoms with Gasteiger partial charge < -0.3 is 38.7 Å². The predicted octanol–water partition coefficient (Wildman–Crippen LogP) is -0.124. The number of aliphatic hydroxyl groups excluding tert-OH is 1. The molecule has 4 rings (SSSR count). The van der Waals surface area contributed by atoms with Gasteiger partial charge in [-0.05, 0) is 13.3 Å². The molecule has 0 aromatic carbocycles. The summed E-state index contributed by atoms with van der Waals surface area (Å²) in [7, 11) is 1.66. The van der Waals surface area contributed by atoms with E-state index in [9.17, 15) is 19.5 Å². The van der Waals surface area contributed by atoms with Gasteiger partial charge in [-0.1, -0.05) is 13.0 Å². The first-order chi connectivity index (χ1) is 17.8. The monoisotopic (exact) mass is 523 g/mol. The molecule has 14 heteroatoms. The molecule has 5 atom stereocenters. The van der Waals surface area contributed by atoms with Gasteiger partial charge in [0.2, 0.25) is 0 Å². The van der Waals surface area contributed by atoms with E-state index in [0.29, 0.717) is 12.4 Å². The van der Waals surface area contributed by atoms with Crippen molar-refractivity contribution < 1.29 is 33.6 Å². The number of hydrogen-bond acceptors (Lipinski definition) is 10. The number of nitrogens with zero attached hydrogens (tertiary/aromatic N) is 4. The predicted molar refractivity (Wildman–Crippen MR) is 129 cm³/mol. The van der Waals surface area contributed by atoms with Gasteiger partial charge in [-0.3, -0.25) is 9.36 Å². The Morgan fingerprint density at radius 2 is 2.03 bits per heavy atom. The lowest BCUT2D eigenvalue weighted by molar-refractivity contribution is -0.171. The smallest absolute Gasteiger partial charge is 0.409 e. The van der Waals surface area contributed by atoms with Gasteiger partial charge in [0.25, 0.3) is 5.56 Å². The van der Waals surface area contributed by atoms with Crippen LogP contribution in [0.15, 0.2) is 22.2 Å². The Bertz CT molecular complexity index is 1240. The third-order valence-electron chi connectivity index (χ3n) is 6.16. The van der Waals surface area contributed by atoms with E-state index in [1.165, 1.54) is 20.1 Å². The maximum Gasteiger partial charge on any atom is 0.409 e. The third-order valence-corrected chi connectivity index (χ3v) is 6.16. The molecule has 14 nitrogen and oxygen atoms in total. The van der Waals surface area contributed by atoms with Crippen LogP contribution in [0.3, 0.4) is 0 Å². The Kier molecular flexibility index (Phi) is 8.44. The largest absolute Gasteiger partial charge is 0.447 e. The van der Waals surface area contributed by atoms with Crippen molar-refractivity contribution in [1.82, 2.24) is 24.0 Å². The lowest BCUT2D eigenvalue weighted by atomic mass is 10.1. The minimum atomic E-state index is -1.00. The number of allylic oxidation sites excluding steroid dienone is 1. The molecule has 2 saturated heterocycles. The van der Waals surface area contributed by atoms with Gasteiger partial charge in [-0.2, -0.15) is 0 Å². The van der Waals surface area contributed by atoms with Crippen LogP contribution in [0.2, 0.25) is 0 Å². The van der Waals surface area contributed by atoms with Gasteiger partial charge in [-0.15, -0.1) is 6.58 Å². The van der Waals surface area contributed by atoms with E-state index in [4.69, 9.17) is 23.7 Å². The van der Waals surface area contributed by atoms with Gasteiger partial charge in [0.1, 0.15) is 30.7 Å². The van der Waals surface area contributed by atoms with Crippen molar-refractivity contribution in [3.8, 4) is 0 Å². The van der Waals surface area contributed by atoms with Crippen LogP contribution in [0, 0.1) is 6.92 Å². The summed E-state index contributed by atoms with van der Waals surface area (Å²) in [6, 6.07) is 0. The summed E-state index contributed by atoms with van der Waals surface area (Å²) in [5, 5.41) is 9.88. The molecule has 4 heterocycles. The number of aliphatic hydroxyl groups is 1. The van der Waals surface area contributed by atoms with Gasteiger partial charge in [0, 0.05) is 20.1 Å². The zero-order valence-electron chi connectivity index (χ0n) is 21.1. The first-order valence-corrected chi connectivity index (χ1v) is 12.2. The Hall–Kier alpha value is -3.04. The lowest BCUT2D eigenvalue weighted by Crippen LogP contribution is -2.34. The molecule has 2 aromatic rings. The fraction of sp³-hybridized carbons (Fsp3) is 0.652. The number of ether oxygens (including phenoxy) is 5. The van der Waals surface area contributed by atoms with Crippen LogP contribution in [-0.2, 0) is 30.2 Å². The Balaban J connectivity index is 1.47. The molecular weight excluding hydrogens is 490 g/mol. The van der Waals surface area contributed by atoms with Crippen LogP contribution in [0.1, 0.15) is 25.4 Å². The molecule has 2 fully saturated rings. The molecule has 0 bridgehead atoms. The fourth-order valence-electron chi connectivity index (χ4n) is 4.56. The van der Waals surface area contributed by atoms with Crippen molar-refractivity contribution in [1.29, 1.82) is 0 Å². The average Bonchev–Trinajstić information content (AvgIpc) is 3.49. The number of imidazole rings is 1. The second kappa shape index (κ2) is 11.6. The molecule has 2 aliphatic heterocycles. The second-order valence-corrected chi connectivity index (χ2v) is 8.86. The van der Waals surface area contributed by atoms with E-state index in [1.54, 1.807) is 14.0 Å². The summed E-state index contributed by atoms with van der Waals surface area (Å²) in [6.07, 6.45) is -2.13. The molecule has 1 amide bonds.